The van der Waals surface area contributed by atoms with Crippen LogP contribution in [0.15, 0.2) is 60.9 Å². The highest BCUT2D eigenvalue weighted by Crippen LogP contribution is 2.18. The normalized spacial score (nSPS) is 14.3. The lowest BCUT2D eigenvalue weighted by Crippen LogP contribution is -2.47. The van der Waals surface area contributed by atoms with Gasteiger partial charge in [-0.2, -0.15) is 4.98 Å². The lowest BCUT2D eigenvalue weighted by atomic mass is 10.1. The highest BCUT2D eigenvalue weighted by atomic mass is 15.3. The second kappa shape index (κ2) is 8.03. The highest BCUT2D eigenvalue weighted by Gasteiger charge is 2.19. The standard InChI is InChI=1S/C21H24N6/c1-17-6-2-3-7-18(17)16-24-21-23-11-9-20(25-21)27-14-12-26(13-15-27)19-8-4-5-10-22-19/h2-11H,12-16H2,1H3,(H,23,24,25). The predicted molar refractivity (Wildman–Crippen MR) is 109 cm³/mol. The van der Waals surface area contributed by atoms with E-state index in [2.05, 4.69) is 62.3 Å². The molecule has 0 spiro atoms. The van der Waals surface area contributed by atoms with E-state index in [9.17, 15) is 0 Å². The summed E-state index contributed by atoms with van der Waals surface area (Å²) >= 11 is 0. The minimum atomic E-state index is 0.669. The number of aryl methyl sites for hydroxylation is 1. The van der Waals surface area contributed by atoms with Crippen LogP contribution in [0, 0.1) is 6.92 Å². The smallest absolute Gasteiger partial charge is 0.224 e. The molecule has 1 aromatic carbocycles. The summed E-state index contributed by atoms with van der Waals surface area (Å²) in [5, 5.41) is 3.35. The molecular formula is C21H24N6. The monoisotopic (exact) mass is 360 g/mol. The molecular weight excluding hydrogens is 336 g/mol. The van der Waals surface area contributed by atoms with E-state index in [-0.39, 0.29) is 0 Å². The molecule has 3 heterocycles. The second-order valence-electron chi connectivity index (χ2n) is 6.68. The van der Waals surface area contributed by atoms with Gasteiger partial charge in [0, 0.05) is 45.1 Å². The summed E-state index contributed by atoms with van der Waals surface area (Å²) in [4.78, 5) is 18.1. The number of benzene rings is 1. The van der Waals surface area contributed by atoms with Gasteiger partial charge < -0.3 is 15.1 Å². The zero-order chi connectivity index (χ0) is 18.5. The number of aromatic nitrogens is 3. The lowest BCUT2D eigenvalue weighted by molar-refractivity contribution is 0.641. The third-order valence-corrected chi connectivity index (χ3v) is 4.92. The van der Waals surface area contributed by atoms with Gasteiger partial charge in [0.05, 0.1) is 0 Å². The molecule has 3 aromatic rings. The predicted octanol–water partition coefficient (Wildman–Crippen LogP) is 3.12. The topological polar surface area (TPSA) is 57.2 Å². The molecule has 1 aliphatic heterocycles. The molecule has 1 aliphatic rings. The molecule has 2 aromatic heterocycles. The number of nitrogens with zero attached hydrogens (tertiary/aromatic N) is 5. The minimum absolute atomic E-state index is 0.669. The van der Waals surface area contributed by atoms with E-state index in [0.29, 0.717) is 5.95 Å². The minimum Gasteiger partial charge on any atom is -0.353 e. The van der Waals surface area contributed by atoms with Crippen LogP contribution >= 0.6 is 0 Å². The first-order valence-electron chi connectivity index (χ1n) is 9.32. The van der Waals surface area contributed by atoms with Gasteiger partial charge in [0.25, 0.3) is 0 Å². The van der Waals surface area contributed by atoms with Crippen LogP contribution in [0.1, 0.15) is 11.1 Å². The Kier molecular flexibility index (Phi) is 5.14. The van der Waals surface area contributed by atoms with Crippen molar-refractivity contribution in [1.82, 2.24) is 15.0 Å². The molecule has 1 saturated heterocycles. The van der Waals surface area contributed by atoms with Crippen molar-refractivity contribution < 1.29 is 0 Å². The van der Waals surface area contributed by atoms with Crippen molar-refractivity contribution in [3.05, 3.63) is 72.1 Å². The molecule has 138 valence electrons. The van der Waals surface area contributed by atoms with Crippen molar-refractivity contribution in [2.24, 2.45) is 0 Å². The first-order valence-corrected chi connectivity index (χ1v) is 9.32. The Labute approximate surface area is 159 Å². The van der Waals surface area contributed by atoms with Gasteiger partial charge in [0.15, 0.2) is 0 Å². The third-order valence-electron chi connectivity index (χ3n) is 4.92. The van der Waals surface area contributed by atoms with E-state index in [1.165, 1.54) is 11.1 Å². The van der Waals surface area contributed by atoms with E-state index >= 15 is 0 Å². The highest BCUT2D eigenvalue weighted by molar-refractivity contribution is 5.46. The van der Waals surface area contributed by atoms with Crippen molar-refractivity contribution in [3.63, 3.8) is 0 Å². The molecule has 0 amide bonds. The number of hydrogen-bond donors (Lipinski definition) is 1. The van der Waals surface area contributed by atoms with Gasteiger partial charge in [0.2, 0.25) is 5.95 Å². The molecule has 0 unspecified atom stereocenters. The number of pyridine rings is 1. The summed E-state index contributed by atoms with van der Waals surface area (Å²) in [5.41, 5.74) is 2.53. The van der Waals surface area contributed by atoms with E-state index in [1.54, 1.807) is 0 Å². The Balaban J connectivity index is 1.37. The summed E-state index contributed by atoms with van der Waals surface area (Å²) in [5.74, 6) is 2.68. The SMILES string of the molecule is Cc1ccccc1CNc1nccc(N2CCN(c3ccccn3)CC2)n1. The fourth-order valence-corrected chi connectivity index (χ4v) is 3.30. The maximum atomic E-state index is 4.71. The molecule has 0 saturated carbocycles. The van der Waals surface area contributed by atoms with Crippen molar-refractivity contribution in [2.45, 2.75) is 13.5 Å². The number of hydrogen-bond acceptors (Lipinski definition) is 6. The summed E-state index contributed by atoms with van der Waals surface area (Å²) in [6.45, 7) is 6.56. The van der Waals surface area contributed by atoms with Crippen LogP contribution in [-0.2, 0) is 6.54 Å². The first-order chi connectivity index (χ1) is 13.3. The van der Waals surface area contributed by atoms with Gasteiger partial charge in [-0.05, 0) is 36.2 Å². The lowest BCUT2D eigenvalue weighted by Gasteiger charge is -2.36. The first kappa shape index (κ1) is 17.3. The van der Waals surface area contributed by atoms with Crippen molar-refractivity contribution in [1.29, 1.82) is 0 Å². The van der Waals surface area contributed by atoms with Crippen LogP contribution in [-0.4, -0.2) is 41.1 Å². The molecule has 0 aliphatic carbocycles. The summed E-state index contributed by atoms with van der Waals surface area (Å²) in [7, 11) is 0. The number of nitrogens with one attached hydrogen (secondary N) is 1. The van der Waals surface area contributed by atoms with Crippen molar-refractivity contribution in [2.75, 3.05) is 41.3 Å². The average molecular weight is 360 g/mol. The Hall–Kier alpha value is -3.15. The van der Waals surface area contributed by atoms with Crippen LogP contribution in [0.4, 0.5) is 17.6 Å². The zero-order valence-electron chi connectivity index (χ0n) is 15.5. The molecule has 0 bridgehead atoms. The summed E-state index contributed by atoms with van der Waals surface area (Å²) in [6, 6.07) is 16.4. The number of rotatable bonds is 5. The van der Waals surface area contributed by atoms with Crippen LogP contribution < -0.4 is 15.1 Å². The van der Waals surface area contributed by atoms with Gasteiger partial charge >= 0.3 is 0 Å². The van der Waals surface area contributed by atoms with E-state index in [4.69, 9.17) is 4.98 Å². The van der Waals surface area contributed by atoms with Crippen LogP contribution in [0.2, 0.25) is 0 Å². The van der Waals surface area contributed by atoms with Crippen LogP contribution in [0.3, 0.4) is 0 Å². The Morgan fingerprint density at radius 2 is 1.56 bits per heavy atom. The zero-order valence-corrected chi connectivity index (χ0v) is 15.5. The molecule has 27 heavy (non-hydrogen) atoms. The Bertz CT molecular complexity index is 875. The van der Waals surface area contributed by atoms with Gasteiger partial charge in [-0.1, -0.05) is 30.3 Å². The van der Waals surface area contributed by atoms with E-state index < -0.39 is 0 Å². The third kappa shape index (κ3) is 4.16. The molecule has 6 nitrogen and oxygen atoms in total. The largest absolute Gasteiger partial charge is 0.353 e. The van der Waals surface area contributed by atoms with E-state index in [1.807, 2.05) is 30.6 Å². The molecule has 0 atom stereocenters. The average Bonchev–Trinajstić information content (AvgIpc) is 2.74. The fourth-order valence-electron chi connectivity index (χ4n) is 3.30. The molecule has 6 heteroatoms. The van der Waals surface area contributed by atoms with Crippen LogP contribution in [0.5, 0.6) is 0 Å². The molecule has 4 rings (SSSR count). The van der Waals surface area contributed by atoms with Gasteiger partial charge in [0.1, 0.15) is 11.6 Å². The Morgan fingerprint density at radius 1 is 0.815 bits per heavy atom. The summed E-state index contributed by atoms with van der Waals surface area (Å²) < 4.78 is 0. The molecule has 1 N–H and O–H groups in total. The van der Waals surface area contributed by atoms with E-state index in [0.717, 1.165) is 44.4 Å². The fraction of sp³-hybridized carbons (Fsp3) is 0.286. The second-order valence-corrected chi connectivity index (χ2v) is 6.68. The number of piperazine rings is 1. The van der Waals surface area contributed by atoms with Gasteiger partial charge in [-0.3, -0.25) is 0 Å². The molecule has 0 radical (unpaired) electrons. The van der Waals surface area contributed by atoms with Crippen molar-refractivity contribution >= 4 is 17.6 Å². The number of anilines is 3. The van der Waals surface area contributed by atoms with Crippen molar-refractivity contribution in [3.8, 4) is 0 Å². The molecule has 1 fully saturated rings. The summed E-state index contributed by atoms with van der Waals surface area (Å²) in [6.07, 6.45) is 3.67. The quantitative estimate of drug-likeness (QED) is 0.754. The van der Waals surface area contributed by atoms with Gasteiger partial charge in [-0.15, -0.1) is 0 Å². The Morgan fingerprint density at radius 3 is 2.30 bits per heavy atom. The van der Waals surface area contributed by atoms with Crippen LogP contribution in [0.25, 0.3) is 0 Å². The van der Waals surface area contributed by atoms with Gasteiger partial charge in [-0.25, -0.2) is 9.97 Å². The maximum absolute atomic E-state index is 4.71. The maximum Gasteiger partial charge on any atom is 0.224 e.